The Morgan fingerprint density at radius 2 is 0.655 bits per heavy atom. The van der Waals surface area contributed by atoms with Gasteiger partial charge in [0.25, 0.3) is 0 Å². The van der Waals surface area contributed by atoms with Crippen LogP contribution in [0.5, 0.6) is 0 Å². The average molecular weight is 440 g/mol. The second-order valence-electron chi connectivity index (χ2n) is 5.69. The van der Waals surface area contributed by atoms with Crippen LogP contribution in [0.25, 0.3) is 0 Å². The van der Waals surface area contributed by atoms with E-state index in [0.29, 0.717) is 18.2 Å². The maximum Gasteiger partial charge on any atom is 0.195 e. The molecule has 0 atom stereocenters. The molecule has 0 fully saturated rings. The number of hydrogen-bond acceptors (Lipinski definition) is 1. The van der Waals surface area contributed by atoms with Gasteiger partial charge in [-0.2, -0.15) is 0 Å². The predicted octanol–water partition coefficient (Wildman–Crippen LogP) is 4.58. The van der Waals surface area contributed by atoms with E-state index in [1.807, 2.05) is 0 Å². The average Bonchev–Trinajstić information content (AvgIpc) is 2.68. The first-order chi connectivity index (χ1) is 13.5. The molecule has 0 heterocycles. The van der Waals surface area contributed by atoms with Crippen LogP contribution < -0.4 is 15.9 Å². The van der Waals surface area contributed by atoms with Gasteiger partial charge in [0.2, 0.25) is 0 Å². The first-order valence-electron chi connectivity index (χ1n) is 7.54. The third-order valence-corrected chi connectivity index (χ3v) is 7.13. The quantitative estimate of drug-likeness (QED) is 0.331. The number of hydrogen-bond donors (Lipinski definition) is 0. The molecule has 0 spiro atoms. The lowest BCUT2D eigenvalue weighted by atomic mass is 10.3. The third kappa shape index (κ3) is 3.11. The minimum atomic E-state index is -5.37. The molecule has 0 saturated heterocycles. The van der Waals surface area contributed by atoms with Crippen molar-refractivity contribution in [3.63, 3.8) is 0 Å². The summed E-state index contributed by atoms with van der Waals surface area (Å²) in [6.07, 6.45) is 0. The van der Waals surface area contributed by atoms with Crippen LogP contribution >= 0.6 is 7.14 Å². The molecule has 3 rings (SSSR count). The fourth-order valence-corrected chi connectivity index (χ4v) is 5.42. The van der Waals surface area contributed by atoms with Crippen molar-refractivity contribution >= 4 is 23.1 Å². The van der Waals surface area contributed by atoms with Crippen molar-refractivity contribution < 1.29 is 44.1 Å². The van der Waals surface area contributed by atoms with Gasteiger partial charge in [0, 0.05) is 0 Å². The van der Waals surface area contributed by atoms with Crippen molar-refractivity contribution in [2.45, 2.75) is 0 Å². The van der Waals surface area contributed by atoms with E-state index >= 15 is 0 Å². The molecule has 0 aliphatic heterocycles. The zero-order valence-electron chi connectivity index (χ0n) is 13.7. The van der Waals surface area contributed by atoms with Crippen LogP contribution in [0, 0.1) is 52.4 Å². The van der Waals surface area contributed by atoms with Crippen LogP contribution in [-0.4, -0.2) is 0 Å². The summed E-state index contributed by atoms with van der Waals surface area (Å²) in [6, 6.07) is 1.81. The molecule has 3 aromatic carbocycles. The Morgan fingerprint density at radius 1 is 0.414 bits per heavy atom. The lowest BCUT2D eigenvalue weighted by molar-refractivity contribution is 0.447. The molecule has 0 aliphatic rings. The Kier molecular flexibility index (Phi) is 5.25. The molecule has 29 heavy (non-hydrogen) atoms. The van der Waals surface area contributed by atoms with Gasteiger partial charge in [-0.15, -0.1) is 0 Å². The Balaban J connectivity index is 2.51. The summed E-state index contributed by atoms with van der Waals surface area (Å²) < 4.78 is 138. The van der Waals surface area contributed by atoms with Crippen LogP contribution in [0.3, 0.4) is 0 Å². The Labute approximate surface area is 156 Å². The summed E-state index contributed by atoms with van der Waals surface area (Å²) in [4.78, 5) is 0. The summed E-state index contributed by atoms with van der Waals surface area (Å²) >= 11 is 0. The molecule has 0 bridgehead atoms. The number of halogens is 9. The first kappa shape index (κ1) is 21.0. The van der Waals surface area contributed by atoms with Crippen molar-refractivity contribution in [2.24, 2.45) is 0 Å². The van der Waals surface area contributed by atoms with Gasteiger partial charge in [0.1, 0.15) is 0 Å². The fourth-order valence-electron chi connectivity index (χ4n) is 2.67. The molecule has 1 nitrogen and oxygen atoms in total. The zero-order valence-corrected chi connectivity index (χ0v) is 14.6. The third-order valence-electron chi connectivity index (χ3n) is 4.06. The Hall–Kier alpha value is -2.74. The minimum Gasteiger partial charge on any atom is -0.308 e. The molecule has 152 valence electrons. The van der Waals surface area contributed by atoms with Gasteiger partial charge >= 0.3 is 0 Å². The van der Waals surface area contributed by atoms with E-state index < -0.39 is 75.4 Å². The van der Waals surface area contributed by atoms with E-state index in [9.17, 15) is 44.1 Å². The highest BCUT2D eigenvalue weighted by Crippen LogP contribution is 2.45. The summed E-state index contributed by atoms with van der Waals surface area (Å²) in [7, 11) is -5.37. The van der Waals surface area contributed by atoms with Crippen LogP contribution in [0.15, 0.2) is 36.4 Å². The molecule has 3 aromatic rings. The second kappa shape index (κ2) is 7.26. The van der Waals surface area contributed by atoms with Crippen LogP contribution in [-0.2, 0) is 4.57 Å². The summed E-state index contributed by atoms with van der Waals surface area (Å²) in [5, 5.41) is -4.11. The maximum absolute atomic E-state index is 14.4. The van der Waals surface area contributed by atoms with Gasteiger partial charge < -0.3 is 4.57 Å². The molecule has 0 aromatic heterocycles. The van der Waals surface area contributed by atoms with Crippen LogP contribution in [0.2, 0.25) is 0 Å². The van der Waals surface area contributed by atoms with Crippen molar-refractivity contribution in [3.8, 4) is 0 Å². The zero-order chi connectivity index (χ0) is 21.7. The molecule has 0 unspecified atom stereocenters. The van der Waals surface area contributed by atoms with E-state index in [1.54, 1.807) is 0 Å². The smallest absolute Gasteiger partial charge is 0.195 e. The number of rotatable bonds is 3. The van der Waals surface area contributed by atoms with Crippen molar-refractivity contribution in [1.82, 2.24) is 0 Å². The second-order valence-corrected chi connectivity index (χ2v) is 8.36. The summed E-state index contributed by atoms with van der Waals surface area (Å²) in [5.74, 6) is -18.3. The van der Waals surface area contributed by atoms with Gasteiger partial charge in [-0.25, -0.2) is 39.5 Å². The van der Waals surface area contributed by atoms with Crippen molar-refractivity contribution in [3.05, 3.63) is 88.8 Å². The van der Waals surface area contributed by atoms with Gasteiger partial charge in [-0.1, -0.05) is 0 Å². The molecular formula is C18H6F9OP. The standard InChI is InChI=1S/C18H6F9OP/c19-7-1-4-10(16(25)13(7)22)29(28,11-5-2-8(20)14(23)17(11)26)12-6-3-9(21)15(24)18(12)27/h1-6H. The Bertz CT molecular complexity index is 1050. The molecule has 0 N–H and O–H groups in total. The molecule has 0 saturated carbocycles. The van der Waals surface area contributed by atoms with Gasteiger partial charge in [-0.3, -0.25) is 0 Å². The van der Waals surface area contributed by atoms with E-state index in [4.69, 9.17) is 0 Å². The maximum atomic E-state index is 14.4. The lowest BCUT2D eigenvalue weighted by Crippen LogP contribution is -2.33. The predicted molar refractivity (Wildman–Crippen MR) is 85.5 cm³/mol. The SMILES string of the molecule is O=P(c1ccc(F)c(F)c1F)(c1ccc(F)c(F)c1F)c1ccc(F)c(F)c1F. The monoisotopic (exact) mass is 440 g/mol. The Morgan fingerprint density at radius 3 is 0.897 bits per heavy atom. The molecule has 0 radical (unpaired) electrons. The van der Waals surface area contributed by atoms with E-state index in [2.05, 4.69) is 0 Å². The molecule has 11 heteroatoms. The van der Waals surface area contributed by atoms with Gasteiger partial charge in [0.15, 0.2) is 59.5 Å². The fraction of sp³-hybridized carbons (Fsp3) is 0. The largest absolute Gasteiger partial charge is 0.308 e. The first-order valence-corrected chi connectivity index (χ1v) is 9.24. The van der Waals surface area contributed by atoms with Crippen LogP contribution in [0.4, 0.5) is 39.5 Å². The highest BCUT2D eigenvalue weighted by Gasteiger charge is 2.41. The van der Waals surface area contributed by atoms with E-state index in [0.717, 1.165) is 0 Å². The highest BCUT2D eigenvalue weighted by atomic mass is 31.2. The molecular weight excluding hydrogens is 434 g/mol. The summed E-state index contributed by atoms with van der Waals surface area (Å²) in [5.41, 5.74) is 0. The number of benzene rings is 3. The van der Waals surface area contributed by atoms with E-state index in [-0.39, 0.29) is 18.2 Å². The normalized spacial score (nSPS) is 11.8. The van der Waals surface area contributed by atoms with E-state index in [1.165, 1.54) is 0 Å². The summed E-state index contributed by atoms with van der Waals surface area (Å²) in [6.45, 7) is 0. The molecule has 0 amide bonds. The molecule has 0 aliphatic carbocycles. The van der Waals surface area contributed by atoms with Gasteiger partial charge in [-0.05, 0) is 36.4 Å². The van der Waals surface area contributed by atoms with Crippen molar-refractivity contribution in [1.29, 1.82) is 0 Å². The topological polar surface area (TPSA) is 17.1 Å². The minimum absolute atomic E-state index is 0.260. The highest BCUT2D eigenvalue weighted by molar-refractivity contribution is 7.85. The lowest BCUT2D eigenvalue weighted by Gasteiger charge is -2.22. The van der Waals surface area contributed by atoms with Gasteiger partial charge in [0.05, 0.1) is 15.9 Å². The van der Waals surface area contributed by atoms with Crippen molar-refractivity contribution in [2.75, 3.05) is 0 Å². The van der Waals surface area contributed by atoms with Crippen LogP contribution in [0.1, 0.15) is 0 Å².